The third-order valence-electron chi connectivity index (χ3n) is 5.15. The van der Waals surface area contributed by atoms with Gasteiger partial charge in [-0.05, 0) is 71.7 Å². The van der Waals surface area contributed by atoms with Crippen LogP contribution in [0.5, 0.6) is 0 Å². The molecule has 0 aromatic carbocycles. The highest BCUT2D eigenvalue weighted by Gasteiger charge is 2.45. The van der Waals surface area contributed by atoms with Crippen LogP contribution in [0.3, 0.4) is 0 Å². The van der Waals surface area contributed by atoms with Crippen molar-refractivity contribution in [2.45, 2.75) is 59.6 Å². The van der Waals surface area contributed by atoms with Crippen molar-refractivity contribution in [3.05, 3.63) is 29.1 Å². The van der Waals surface area contributed by atoms with Crippen molar-refractivity contribution in [3.63, 3.8) is 0 Å². The van der Waals surface area contributed by atoms with Gasteiger partial charge in [-0.25, -0.2) is 4.79 Å². The smallest absolute Gasteiger partial charge is 0.410 e. The lowest BCUT2D eigenvalue weighted by Crippen LogP contribution is -2.37. The first kappa shape index (κ1) is 18.2. The summed E-state index contributed by atoms with van der Waals surface area (Å²) in [6.45, 7) is 14.7. The van der Waals surface area contributed by atoms with Crippen molar-refractivity contribution >= 4 is 6.09 Å². The molecule has 1 aromatic heterocycles. The van der Waals surface area contributed by atoms with Crippen LogP contribution in [-0.4, -0.2) is 52.7 Å². The molecule has 0 saturated carbocycles. The van der Waals surface area contributed by atoms with Crippen LogP contribution < -0.4 is 0 Å². The molecule has 3 heterocycles. The molecule has 5 heteroatoms. The number of amides is 1. The van der Waals surface area contributed by atoms with Crippen LogP contribution in [0, 0.1) is 19.3 Å². The van der Waals surface area contributed by atoms with E-state index >= 15 is 0 Å². The van der Waals surface area contributed by atoms with E-state index < -0.39 is 5.60 Å². The third kappa shape index (κ3) is 4.51. The molecule has 2 aliphatic heterocycles. The first-order chi connectivity index (χ1) is 11.6. The van der Waals surface area contributed by atoms with E-state index in [4.69, 9.17) is 4.74 Å². The molecule has 1 spiro atoms. The Labute approximate surface area is 151 Å². The van der Waals surface area contributed by atoms with Gasteiger partial charge in [-0.15, -0.1) is 0 Å². The van der Waals surface area contributed by atoms with Gasteiger partial charge in [0.1, 0.15) is 5.60 Å². The van der Waals surface area contributed by atoms with Gasteiger partial charge < -0.3 is 9.64 Å². The van der Waals surface area contributed by atoms with Gasteiger partial charge in [-0.3, -0.25) is 9.88 Å². The Bertz CT molecular complexity index is 633. The summed E-state index contributed by atoms with van der Waals surface area (Å²) >= 11 is 0. The van der Waals surface area contributed by atoms with Crippen LogP contribution in [-0.2, 0) is 11.3 Å². The van der Waals surface area contributed by atoms with Crippen LogP contribution in [0.4, 0.5) is 4.79 Å². The number of aromatic nitrogens is 1. The maximum Gasteiger partial charge on any atom is 0.410 e. The van der Waals surface area contributed by atoms with E-state index in [1.807, 2.05) is 25.7 Å². The molecule has 1 unspecified atom stereocenters. The van der Waals surface area contributed by atoms with Crippen molar-refractivity contribution in [2.24, 2.45) is 5.41 Å². The van der Waals surface area contributed by atoms with Crippen molar-refractivity contribution in [3.8, 4) is 0 Å². The Kier molecular flexibility index (Phi) is 4.80. The SMILES string of the molecule is Cc1cc(CN2CCC3(CCN(C(=O)OC(C)(C)C)C3)C2)cc(C)n1. The first-order valence-corrected chi connectivity index (χ1v) is 9.29. The predicted octanol–water partition coefficient (Wildman–Crippen LogP) is 3.53. The lowest BCUT2D eigenvalue weighted by atomic mass is 9.86. The van der Waals surface area contributed by atoms with Crippen LogP contribution in [0.1, 0.15) is 50.6 Å². The van der Waals surface area contributed by atoms with Gasteiger partial charge in [0.05, 0.1) is 0 Å². The van der Waals surface area contributed by atoms with Gasteiger partial charge in [-0.2, -0.15) is 0 Å². The average Bonchev–Trinajstić information content (AvgIpc) is 3.04. The Morgan fingerprint density at radius 2 is 1.80 bits per heavy atom. The summed E-state index contributed by atoms with van der Waals surface area (Å²) in [5.41, 5.74) is 3.32. The van der Waals surface area contributed by atoms with E-state index in [-0.39, 0.29) is 11.5 Å². The van der Waals surface area contributed by atoms with E-state index in [0.29, 0.717) is 0 Å². The first-order valence-electron chi connectivity index (χ1n) is 9.29. The van der Waals surface area contributed by atoms with Crippen LogP contribution in [0.25, 0.3) is 0 Å². The quantitative estimate of drug-likeness (QED) is 0.822. The fourth-order valence-corrected chi connectivity index (χ4v) is 4.18. The molecule has 5 nitrogen and oxygen atoms in total. The summed E-state index contributed by atoms with van der Waals surface area (Å²) in [6.07, 6.45) is 2.08. The van der Waals surface area contributed by atoms with Gasteiger partial charge in [0.15, 0.2) is 0 Å². The van der Waals surface area contributed by atoms with E-state index in [2.05, 4.69) is 35.9 Å². The van der Waals surface area contributed by atoms with Crippen molar-refractivity contribution < 1.29 is 9.53 Å². The minimum Gasteiger partial charge on any atom is -0.444 e. The number of rotatable bonds is 2. The maximum atomic E-state index is 12.3. The van der Waals surface area contributed by atoms with Crippen molar-refractivity contribution in [2.75, 3.05) is 26.2 Å². The Morgan fingerprint density at radius 3 is 2.44 bits per heavy atom. The Morgan fingerprint density at radius 1 is 1.16 bits per heavy atom. The molecule has 2 saturated heterocycles. The zero-order valence-electron chi connectivity index (χ0n) is 16.3. The minimum atomic E-state index is -0.425. The second-order valence-electron chi connectivity index (χ2n) is 8.87. The third-order valence-corrected chi connectivity index (χ3v) is 5.15. The molecule has 1 aromatic rings. The molecule has 25 heavy (non-hydrogen) atoms. The number of pyridine rings is 1. The summed E-state index contributed by atoms with van der Waals surface area (Å²) in [5.74, 6) is 0. The fourth-order valence-electron chi connectivity index (χ4n) is 4.18. The highest BCUT2D eigenvalue weighted by Crippen LogP contribution is 2.40. The highest BCUT2D eigenvalue weighted by atomic mass is 16.6. The monoisotopic (exact) mass is 345 g/mol. The molecule has 2 fully saturated rings. The topological polar surface area (TPSA) is 45.7 Å². The van der Waals surface area contributed by atoms with Gasteiger partial charge in [0.2, 0.25) is 0 Å². The number of carbonyl (C=O) groups is 1. The Hall–Kier alpha value is -1.62. The maximum absolute atomic E-state index is 12.3. The number of hydrogen-bond donors (Lipinski definition) is 0. The van der Waals surface area contributed by atoms with Gasteiger partial charge in [0, 0.05) is 43.0 Å². The van der Waals surface area contributed by atoms with E-state index in [1.165, 1.54) is 5.56 Å². The molecule has 3 rings (SSSR count). The van der Waals surface area contributed by atoms with Crippen LogP contribution >= 0.6 is 0 Å². The standard InChI is InChI=1S/C20H31N3O2/c1-15-10-17(11-16(2)21-15)12-22-8-6-20(13-22)7-9-23(14-20)18(24)25-19(3,4)5/h10-11H,6-9,12-14H2,1-5H3. The average molecular weight is 345 g/mol. The number of carbonyl (C=O) groups excluding carboxylic acids is 1. The summed E-state index contributed by atoms with van der Waals surface area (Å²) in [7, 11) is 0. The normalized spacial score (nSPS) is 24.3. The van der Waals surface area contributed by atoms with Gasteiger partial charge in [-0.1, -0.05) is 0 Å². The molecule has 0 bridgehead atoms. The van der Waals surface area contributed by atoms with Crippen molar-refractivity contribution in [1.82, 2.24) is 14.8 Å². The zero-order valence-corrected chi connectivity index (χ0v) is 16.3. The van der Waals surface area contributed by atoms with Crippen molar-refractivity contribution in [1.29, 1.82) is 0 Å². The van der Waals surface area contributed by atoms with E-state index in [1.54, 1.807) is 0 Å². The molecule has 1 amide bonds. The summed E-state index contributed by atoms with van der Waals surface area (Å²) in [5, 5.41) is 0. The molecule has 2 aliphatic rings. The lowest BCUT2D eigenvalue weighted by molar-refractivity contribution is 0.0274. The molecule has 138 valence electrons. The highest BCUT2D eigenvalue weighted by molar-refractivity contribution is 5.68. The molecule has 0 N–H and O–H groups in total. The second-order valence-corrected chi connectivity index (χ2v) is 8.87. The van der Waals surface area contributed by atoms with Crippen LogP contribution in [0.15, 0.2) is 12.1 Å². The Balaban J connectivity index is 1.58. The molecular weight excluding hydrogens is 314 g/mol. The second kappa shape index (κ2) is 6.60. The lowest BCUT2D eigenvalue weighted by Gasteiger charge is -2.27. The zero-order chi connectivity index (χ0) is 18.2. The number of hydrogen-bond acceptors (Lipinski definition) is 4. The van der Waals surface area contributed by atoms with E-state index in [0.717, 1.165) is 57.0 Å². The van der Waals surface area contributed by atoms with Gasteiger partial charge >= 0.3 is 6.09 Å². The molecular formula is C20H31N3O2. The van der Waals surface area contributed by atoms with Gasteiger partial charge in [0.25, 0.3) is 0 Å². The minimum absolute atomic E-state index is 0.164. The number of nitrogens with zero attached hydrogens (tertiary/aromatic N) is 3. The fraction of sp³-hybridized carbons (Fsp3) is 0.700. The largest absolute Gasteiger partial charge is 0.444 e. The number of aryl methyl sites for hydroxylation is 2. The molecule has 0 radical (unpaired) electrons. The van der Waals surface area contributed by atoms with E-state index in [9.17, 15) is 4.79 Å². The molecule has 0 aliphatic carbocycles. The number of likely N-dealkylation sites (tertiary alicyclic amines) is 2. The molecule has 1 atom stereocenters. The predicted molar refractivity (Wildman–Crippen MR) is 98.5 cm³/mol. The summed E-state index contributed by atoms with van der Waals surface area (Å²) in [4.78, 5) is 21.2. The van der Waals surface area contributed by atoms with Crippen LogP contribution in [0.2, 0.25) is 0 Å². The summed E-state index contributed by atoms with van der Waals surface area (Å²) in [6, 6.07) is 4.36. The number of ether oxygens (including phenoxy) is 1. The summed E-state index contributed by atoms with van der Waals surface area (Å²) < 4.78 is 5.54.